The largest absolute Gasteiger partial charge is 0.493 e. The minimum absolute atomic E-state index is 0.0224. The molecule has 5 nitrogen and oxygen atoms in total. The van der Waals surface area contributed by atoms with Crippen LogP contribution in [0.25, 0.3) is 0 Å². The van der Waals surface area contributed by atoms with Crippen molar-refractivity contribution in [3.05, 3.63) is 12.3 Å². The Morgan fingerprint density at radius 2 is 1.56 bits per heavy atom. The van der Waals surface area contributed by atoms with E-state index < -0.39 is 24.4 Å². The Kier molecular flexibility index (Phi) is 13.0. The lowest BCUT2D eigenvalue weighted by Crippen LogP contribution is -2.54. The molecular weight excluding hydrogens is 320 g/mol. The number of aliphatic hydroxyl groups excluding tert-OH is 3. The number of aliphatic hydroxyl groups is 3. The molecular formula is C20H38O5. The van der Waals surface area contributed by atoms with Crippen molar-refractivity contribution in [1.82, 2.24) is 0 Å². The first-order chi connectivity index (χ1) is 12.2. The molecule has 0 aromatic heterocycles. The maximum absolute atomic E-state index is 9.93. The van der Waals surface area contributed by atoms with Gasteiger partial charge < -0.3 is 24.8 Å². The smallest absolute Gasteiger partial charge is 0.154 e. The molecule has 4 atom stereocenters. The quantitative estimate of drug-likeness (QED) is 0.328. The van der Waals surface area contributed by atoms with Crippen LogP contribution < -0.4 is 0 Å². The zero-order valence-corrected chi connectivity index (χ0v) is 15.8. The standard InChI is InChI=1S/C20H38O5/c1-2-3-4-5-6-7-8-9-10-11-12-13-14-24-20-18(15-21)25-16-17(22)19(20)23/h13-14,17-23H,2-12,15-16H2,1H3/b14-13+/t17-,18+,19+,20+/m1/s1. The van der Waals surface area contributed by atoms with E-state index in [2.05, 4.69) is 6.92 Å². The van der Waals surface area contributed by atoms with E-state index in [1.807, 2.05) is 6.08 Å². The summed E-state index contributed by atoms with van der Waals surface area (Å²) >= 11 is 0. The fraction of sp³-hybridized carbons (Fsp3) is 0.900. The van der Waals surface area contributed by atoms with Gasteiger partial charge in [-0.05, 0) is 18.9 Å². The molecule has 148 valence electrons. The van der Waals surface area contributed by atoms with Crippen LogP contribution in [0.3, 0.4) is 0 Å². The zero-order chi connectivity index (χ0) is 18.3. The van der Waals surface area contributed by atoms with Gasteiger partial charge in [-0.3, -0.25) is 0 Å². The fourth-order valence-electron chi connectivity index (χ4n) is 3.14. The van der Waals surface area contributed by atoms with Crippen molar-refractivity contribution in [2.45, 2.75) is 102 Å². The number of allylic oxidation sites excluding steroid dienone is 1. The molecule has 1 aliphatic heterocycles. The minimum Gasteiger partial charge on any atom is -0.493 e. The van der Waals surface area contributed by atoms with Gasteiger partial charge in [0.15, 0.2) is 6.10 Å². The third-order valence-corrected chi connectivity index (χ3v) is 4.81. The highest BCUT2D eigenvalue weighted by Crippen LogP contribution is 2.19. The summed E-state index contributed by atoms with van der Waals surface area (Å²) < 4.78 is 10.8. The van der Waals surface area contributed by atoms with Gasteiger partial charge in [-0.1, -0.05) is 64.7 Å². The Bertz CT molecular complexity index is 332. The Morgan fingerprint density at radius 1 is 0.960 bits per heavy atom. The summed E-state index contributed by atoms with van der Waals surface area (Å²) in [5, 5.41) is 28.8. The van der Waals surface area contributed by atoms with E-state index in [9.17, 15) is 15.3 Å². The Morgan fingerprint density at radius 3 is 2.16 bits per heavy atom. The molecule has 0 amide bonds. The second kappa shape index (κ2) is 14.5. The van der Waals surface area contributed by atoms with Crippen molar-refractivity contribution in [3.63, 3.8) is 0 Å². The van der Waals surface area contributed by atoms with Gasteiger partial charge in [0, 0.05) is 0 Å². The van der Waals surface area contributed by atoms with E-state index in [1.54, 1.807) is 6.26 Å². The SMILES string of the molecule is CCCCCCCCCCCC/C=C/O[C@@H]1[C@@H](O)[C@H](O)CO[C@H]1CO. The number of hydrogen-bond donors (Lipinski definition) is 3. The van der Waals surface area contributed by atoms with Gasteiger partial charge >= 0.3 is 0 Å². The summed E-state index contributed by atoms with van der Waals surface area (Å²) in [5.74, 6) is 0. The van der Waals surface area contributed by atoms with E-state index in [1.165, 1.54) is 57.8 Å². The molecule has 0 unspecified atom stereocenters. The van der Waals surface area contributed by atoms with Crippen LogP contribution in [-0.4, -0.2) is 52.9 Å². The molecule has 5 heteroatoms. The van der Waals surface area contributed by atoms with Crippen LogP contribution in [0.5, 0.6) is 0 Å². The molecule has 0 saturated carbocycles. The molecule has 1 aliphatic rings. The van der Waals surface area contributed by atoms with Crippen molar-refractivity contribution in [3.8, 4) is 0 Å². The van der Waals surface area contributed by atoms with Crippen LogP contribution in [0.1, 0.15) is 77.6 Å². The number of ether oxygens (including phenoxy) is 2. The van der Waals surface area contributed by atoms with Crippen molar-refractivity contribution in [2.24, 2.45) is 0 Å². The van der Waals surface area contributed by atoms with Crippen molar-refractivity contribution in [2.75, 3.05) is 13.2 Å². The fourth-order valence-corrected chi connectivity index (χ4v) is 3.14. The summed E-state index contributed by atoms with van der Waals surface area (Å²) in [6.07, 6.45) is 14.3. The summed E-state index contributed by atoms with van der Waals surface area (Å²) in [6.45, 7) is 2.04. The molecule has 0 aromatic carbocycles. The van der Waals surface area contributed by atoms with Gasteiger partial charge in [-0.2, -0.15) is 0 Å². The summed E-state index contributed by atoms with van der Waals surface area (Å²) in [5.41, 5.74) is 0. The molecule has 1 saturated heterocycles. The molecule has 0 aliphatic carbocycles. The lowest BCUT2D eigenvalue weighted by Gasteiger charge is -2.36. The molecule has 3 N–H and O–H groups in total. The van der Waals surface area contributed by atoms with Crippen LogP contribution in [0.2, 0.25) is 0 Å². The molecule has 1 fully saturated rings. The highest BCUT2D eigenvalue weighted by molar-refractivity contribution is 4.89. The lowest BCUT2D eigenvalue weighted by molar-refractivity contribution is -0.197. The van der Waals surface area contributed by atoms with Crippen LogP contribution >= 0.6 is 0 Å². The molecule has 0 bridgehead atoms. The van der Waals surface area contributed by atoms with E-state index in [-0.39, 0.29) is 13.2 Å². The predicted molar refractivity (Wildman–Crippen MR) is 99.3 cm³/mol. The summed E-state index contributed by atoms with van der Waals surface area (Å²) in [7, 11) is 0. The predicted octanol–water partition coefficient (Wildman–Crippen LogP) is 3.31. The van der Waals surface area contributed by atoms with Gasteiger partial charge in [-0.25, -0.2) is 0 Å². The highest BCUT2D eigenvalue weighted by atomic mass is 16.6. The lowest BCUT2D eigenvalue weighted by atomic mass is 10.0. The van der Waals surface area contributed by atoms with Crippen LogP contribution in [-0.2, 0) is 9.47 Å². The first kappa shape index (κ1) is 22.4. The second-order valence-corrected chi connectivity index (χ2v) is 7.06. The Hall–Kier alpha value is -0.620. The monoisotopic (exact) mass is 358 g/mol. The molecule has 0 spiro atoms. The van der Waals surface area contributed by atoms with E-state index in [0.29, 0.717) is 0 Å². The van der Waals surface area contributed by atoms with Crippen molar-refractivity contribution >= 4 is 0 Å². The molecule has 1 heterocycles. The maximum Gasteiger partial charge on any atom is 0.154 e. The van der Waals surface area contributed by atoms with E-state index in [4.69, 9.17) is 9.47 Å². The average Bonchev–Trinajstić information content (AvgIpc) is 2.62. The minimum atomic E-state index is -1.03. The van der Waals surface area contributed by atoms with Crippen molar-refractivity contribution in [1.29, 1.82) is 0 Å². The number of hydrogen-bond acceptors (Lipinski definition) is 5. The van der Waals surface area contributed by atoms with E-state index in [0.717, 1.165) is 12.8 Å². The second-order valence-electron chi connectivity index (χ2n) is 7.06. The van der Waals surface area contributed by atoms with Gasteiger partial charge in [-0.15, -0.1) is 0 Å². The molecule has 25 heavy (non-hydrogen) atoms. The van der Waals surface area contributed by atoms with Crippen LogP contribution in [0.4, 0.5) is 0 Å². The number of unbranched alkanes of at least 4 members (excludes halogenated alkanes) is 10. The average molecular weight is 359 g/mol. The Balaban J connectivity index is 2.00. The maximum atomic E-state index is 9.93. The van der Waals surface area contributed by atoms with Gasteiger partial charge in [0.1, 0.15) is 18.3 Å². The Labute approximate surface area is 153 Å². The topological polar surface area (TPSA) is 79.2 Å². The highest BCUT2D eigenvalue weighted by Gasteiger charge is 2.39. The third-order valence-electron chi connectivity index (χ3n) is 4.81. The van der Waals surface area contributed by atoms with Crippen LogP contribution in [0, 0.1) is 0 Å². The zero-order valence-electron chi connectivity index (χ0n) is 15.8. The van der Waals surface area contributed by atoms with E-state index >= 15 is 0 Å². The van der Waals surface area contributed by atoms with Gasteiger partial charge in [0.05, 0.1) is 19.5 Å². The molecule has 0 radical (unpaired) electrons. The van der Waals surface area contributed by atoms with Gasteiger partial charge in [0.25, 0.3) is 0 Å². The first-order valence-electron chi connectivity index (χ1n) is 10.1. The third kappa shape index (κ3) is 9.59. The normalized spacial score (nSPS) is 27.0. The molecule has 1 rings (SSSR count). The summed E-state index contributed by atoms with van der Waals surface area (Å²) in [4.78, 5) is 0. The van der Waals surface area contributed by atoms with Crippen molar-refractivity contribution < 1.29 is 24.8 Å². The van der Waals surface area contributed by atoms with Crippen LogP contribution in [0.15, 0.2) is 12.3 Å². The first-order valence-corrected chi connectivity index (χ1v) is 10.1. The molecule has 0 aromatic rings. The summed E-state index contributed by atoms with van der Waals surface area (Å²) in [6, 6.07) is 0. The number of rotatable bonds is 14. The van der Waals surface area contributed by atoms with Gasteiger partial charge in [0.2, 0.25) is 0 Å².